The van der Waals surface area contributed by atoms with Crippen LogP contribution in [0.15, 0.2) is 42.6 Å². The van der Waals surface area contributed by atoms with E-state index in [0.717, 1.165) is 5.56 Å². The highest BCUT2D eigenvalue weighted by atomic mass is 16.5. The maximum Gasteiger partial charge on any atom is 0.250 e. The summed E-state index contributed by atoms with van der Waals surface area (Å²) < 4.78 is 5.53. The molecule has 0 saturated carbocycles. The van der Waals surface area contributed by atoms with Gasteiger partial charge in [0, 0.05) is 12.3 Å². The van der Waals surface area contributed by atoms with Crippen molar-refractivity contribution in [1.29, 1.82) is 0 Å². The zero-order valence-electron chi connectivity index (χ0n) is 9.38. The van der Waals surface area contributed by atoms with E-state index in [-0.39, 0.29) is 0 Å². The standard InChI is InChI=1S/C13H12N2O2/c1-9-3-2-4-11(7-9)17-12-6-5-10(8-15-12)13(14)16/h2-8H,1H3,(H2,14,16). The van der Waals surface area contributed by atoms with Crippen molar-refractivity contribution in [3.63, 3.8) is 0 Å². The summed E-state index contributed by atoms with van der Waals surface area (Å²) in [5.41, 5.74) is 6.59. The van der Waals surface area contributed by atoms with Crippen LogP contribution in [-0.4, -0.2) is 10.9 Å². The molecule has 0 aliphatic carbocycles. The Morgan fingerprint density at radius 3 is 2.71 bits per heavy atom. The van der Waals surface area contributed by atoms with Crippen LogP contribution in [0.1, 0.15) is 15.9 Å². The third-order valence-corrected chi connectivity index (χ3v) is 2.23. The second-order valence-electron chi connectivity index (χ2n) is 3.67. The van der Waals surface area contributed by atoms with Crippen LogP contribution >= 0.6 is 0 Å². The molecular weight excluding hydrogens is 216 g/mol. The molecule has 1 heterocycles. The van der Waals surface area contributed by atoms with E-state index in [2.05, 4.69) is 4.98 Å². The van der Waals surface area contributed by atoms with Crippen molar-refractivity contribution < 1.29 is 9.53 Å². The first-order valence-corrected chi connectivity index (χ1v) is 5.15. The zero-order chi connectivity index (χ0) is 12.3. The largest absolute Gasteiger partial charge is 0.439 e. The van der Waals surface area contributed by atoms with Gasteiger partial charge in [0.1, 0.15) is 5.75 Å². The average Bonchev–Trinajstić information content (AvgIpc) is 2.29. The molecule has 4 heteroatoms. The highest BCUT2D eigenvalue weighted by Crippen LogP contribution is 2.20. The Kier molecular flexibility index (Phi) is 3.05. The normalized spacial score (nSPS) is 9.94. The van der Waals surface area contributed by atoms with E-state index in [9.17, 15) is 4.79 Å². The minimum Gasteiger partial charge on any atom is -0.439 e. The number of hydrogen-bond donors (Lipinski definition) is 1. The van der Waals surface area contributed by atoms with E-state index in [0.29, 0.717) is 17.2 Å². The number of benzene rings is 1. The Morgan fingerprint density at radius 1 is 1.29 bits per heavy atom. The van der Waals surface area contributed by atoms with Gasteiger partial charge in [0.25, 0.3) is 0 Å². The zero-order valence-corrected chi connectivity index (χ0v) is 9.38. The number of nitrogens with zero attached hydrogens (tertiary/aromatic N) is 1. The van der Waals surface area contributed by atoms with Crippen molar-refractivity contribution in [3.8, 4) is 11.6 Å². The molecule has 0 unspecified atom stereocenters. The van der Waals surface area contributed by atoms with Crippen LogP contribution in [0.3, 0.4) is 0 Å². The first-order chi connectivity index (χ1) is 8.15. The number of carbonyl (C=O) groups excluding carboxylic acids is 1. The quantitative estimate of drug-likeness (QED) is 0.876. The van der Waals surface area contributed by atoms with Gasteiger partial charge in [0.15, 0.2) is 0 Å². The lowest BCUT2D eigenvalue weighted by Crippen LogP contribution is -2.10. The maximum absolute atomic E-state index is 10.9. The number of nitrogens with two attached hydrogens (primary N) is 1. The van der Waals surface area contributed by atoms with Crippen LogP contribution in [-0.2, 0) is 0 Å². The summed E-state index contributed by atoms with van der Waals surface area (Å²) in [5.74, 6) is 0.643. The van der Waals surface area contributed by atoms with E-state index >= 15 is 0 Å². The molecule has 17 heavy (non-hydrogen) atoms. The molecule has 0 saturated heterocycles. The Balaban J connectivity index is 2.16. The van der Waals surface area contributed by atoms with Gasteiger partial charge in [0.05, 0.1) is 5.56 Å². The molecule has 1 amide bonds. The molecule has 0 aliphatic heterocycles. The van der Waals surface area contributed by atoms with Gasteiger partial charge in [-0.25, -0.2) is 4.98 Å². The summed E-state index contributed by atoms with van der Waals surface area (Å²) in [5, 5.41) is 0. The van der Waals surface area contributed by atoms with Crippen molar-refractivity contribution in [1.82, 2.24) is 4.98 Å². The lowest BCUT2D eigenvalue weighted by atomic mass is 10.2. The number of pyridine rings is 1. The van der Waals surface area contributed by atoms with Crippen molar-refractivity contribution in [3.05, 3.63) is 53.7 Å². The fraction of sp³-hybridized carbons (Fsp3) is 0.0769. The van der Waals surface area contributed by atoms with Gasteiger partial charge in [-0.3, -0.25) is 4.79 Å². The van der Waals surface area contributed by atoms with Gasteiger partial charge in [-0.1, -0.05) is 12.1 Å². The summed E-state index contributed by atoms with van der Waals surface area (Å²) in [4.78, 5) is 14.9. The van der Waals surface area contributed by atoms with E-state index < -0.39 is 5.91 Å². The molecule has 2 N–H and O–H groups in total. The number of rotatable bonds is 3. The first-order valence-electron chi connectivity index (χ1n) is 5.15. The van der Waals surface area contributed by atoms with E-state index in [1.165, 1.54) is 6.20 Å². The number of aromatic nitrogens is 1. The minimum absolute atomic E-state index is 0.363. The molecule has 0 atom stereocenters. The summed E-state index contributed by atoms with van der Waals surface area (Å²) in [7, 11) is 0. The number of carbonyl (C=O) groups is 1. The summed E-state index contributed by atoms with van der Waals surface area (Å²) in [6.45, 7) is 1.98. The second kappa shape index (κ2) is 4.65. The summed E-state index contributed by atoms with van der Waals surface area (Å²) >= 11 is 0. The SMILES string of the molecule is Cc1cccc(Oc2ccc(C(N)=O)cn2)c1. The van der Waals surface area contributed by atoms with Crippen molar-refractivity contribution >= 4 is 5.91 Å². The highest BCUT2D eigenvalue weighted by Gasteiger charge is 2.02. The van der Waals surface area contributed by atoms with Gasteiger partial charge in [0.2, 0.25) is 11.8 Å². The molecule has 0 radical (unpaired) electrons. The van der Waals surface area contributed by atoms with Gasteiger partial charge in [-0.05, 0) is 30.7 Å². The van der Waals surface area contributed by atoms with E-state index in [1.807, 2.05) is 31.2 Å². The van der Waals surface area contributed by atoms with Crippen molar-refractivity contribution in [2.45, 2.75) is 6.92 Å². The van der Waals surface area contributed by atoms with Crippen molar-refractivity contribution in [2.24, 2.45) is 5.73 Å². The molecule has 2 rings (SSSR count). The van der Waals surface area contributed by atoms with Crippen LogP contribution in [0, 0.1) is 6.92 Å². The third kappa shape index (κ3) is 2.81. The summed E-state index contributed by atoms with van der Waals surface area (Å²) in [6, 6.07) is 10.8. The molecule has 0 spiro atoms. The van der Waals surface area contributed by atoms with Crippen molar-refractivity contribution in [2.75, 3.05) is 0 Å². The number of ether oxygens (including phenoxy) is 1. The lowest BCUT2D eigenvalue weighted by molar-refractivity contribution is 0.1000. The Hall–Kier alpha value is -2.36. The fourth-order valence-electron chi connectivity index (χ4n) is 1.39. The topological polar surface area (TPSA) is 65.2 Å². The third-order valence-electron chi connectivity index (χ3n) is 2.23. The number of primary amides is 1. The van der Waals surface area contributed by atoms with Crippen LogP contribution < -0.4 is 10.5 Å². The number of aryl methyl sites for hydroxylation is 1. The van der Waals surface area contributed by atoms with E-state index in [4.69, 9.17) is 10.5 Å². The smallest absolute Gasteiger partial charge is 0.250 e. The van der Waals surface area contributed by atoms with Gasteiger partial charge in [-0.15, -0.1) is 0 Å². The molecule has 1 aromatic heterocycles. The monoisotopic (exact) mass is 228 g/mol. The van der Waals surface area contributed by atoms with Gasteiger partial charge in [-0.2, -0.15) is 0 Å². The van der Waals surface area contributed by atoms with Gasteiger partial charge >= 0.3 is 0 Å². The van der Waals surface area contributed by atoms with Gasteiger partial charge < -0.3 is 10.5 Å². The van der Waals surface area contributed by atoms with Crippen LogP contribution in [0.25, 0.3) is 0 Å². The molecule has 86 valence electrons. The molecule has 4 nitrogen and oxygen atoms in total. The lowest BCUT2D eigenvalue weighted by Gasteiger charge is -2.05. The van der Waals surface area contributed by atoms with Crippen LogP contribution in [0.4, 0.5) is 0 Å². The van der Waals surface area contributed by atoms with Crippen LogP contribution in [0.2, 0.25) is 0 Å². The Bertz CT molecular complexity index is 535. The van der Waals surface area contributed by atoms with Crippen LogP contribution in [0.5, 0.6) is 11.6 Å². The average molecular weight is 228 g/mol. The van der Waals surface area contributed by atoms with E-state index in [1.54, 1.807) is 12.1 Å². The highest BCUT2D eigenvalue weighted by molar-refractivity contribution is 5.92. The fourth-order valence-corrected chi connectivity index (χ4v) is 1.39. The molecule has 2 aromatic rings. The predicted octanol–water partition coefficient (Wildman–Crippen LogP) is 2.28. The molecule has 0 fully saturated rings. The Morgan fingerprint density at radius 2 is 2.12 bits per heavy atom. The minimum atomic E-state index is -0.500. The molecule has 0 bridgehead atoms. The maximum atomic E-state index is 10.9. The predicted molar refractivity (Wildman–Crippen MR) is 64.0 cm³/mol. The molecular formula is C13H12N2O2. The first kappa shape index (κ1) is 11.1. The second-order valence-corrected chi connectivity index (χ2v) is 3.67. The Labute approximate surface area is 99.1 Å². The summed E-state index contributed by atoms with van der Waals surface area (Å²) in [6.07, 6.45) is 1.40. The molecule has 0 aliphatic rings. The molecule has 1 aromatic carbocycles. The number of amides is 1. The number of hydrogen-bond acceptors (Lipinski definition) is 3.